The predicted molar refractivity (Wildman–Crippen MR) is 86.1 cm³/mol. The highest BCUT2D eigenvalue weighted by Crippen LogP contribution is 2.29. The first-order chi connectivity index (χ1) is 10.3. The summed E-state index contributed by atoms with van der Waals surface area (Å²) < 4.78 is 1.72. The highest BCUT2D eigenvalue weighted by molar-refractivity contribution is 6.33. The first-order valence-electron chi connectivity index (χ1n) is 7.72. The maximum atomic E-state index is 6.34. The van der Waals surface area contributed by atoms with Crippen molar-refractivity contribution in [1.29, 1.82) is 0 Å². The van der Waals surface area contributed by atoms with E-state index >= 15 is 0 Å². The minimum atomic E-state index is 0.686. The Labute approximate surface area is 130 Å². The summed E-state index contributed by atoms with van der Waals surface area (Å²) >= 11 is 6.34. The molecule has 1 saturated carbocycles. The largest absolute Gasteiger partial charge is 0.383 e. The molecule has 1 heterocycles. The van der Waals surface area contributed by atoms with Crippen molar-refractivity contribution in [2.24, 2.45) is 5.92 Å². The molecule has 5 heteroatoms. The molecule has 1 aliphatic carbocycles. The standard InChI is InChI=1S/C16H21ClN4/c17-14-8-5-9-15(16(14)21-12-18-11-20-21)19-10-13-6-3-1-2-4-7-13/h5,8-9,11-13,19H,1-4,6-7,10H2. The van der Waals surface area contributed by atoms with E-state index in [9.17, 15) is 0 Å². The molecule has 21 heavy (non-hydrogen) atoms. The van der Waals surface area contributed by atoms with Crippen LogP contribution in [-0.2, 0) is 0 Å². The van der Waals surface area contributed by atoms with E-state index in [0.29, 0.717) is 5.02 Å². The van der Waals surface area contributed by atoms with Crippen LogP contribution in [0.15, 0.2) is 30.9 Å². The van der Waals surface area contributed by atoms with Crippen LogP contribution in [0, 0.1) is 5.92 Å². The summed E-state index contributed by atoms with van der Waals surface area (Å²) in [6, 6.07) is 5.91. The zero-order valence-electron chi connectivity index (χ0n) is 12.1. The minimum absolute atomic E-state index is 0.686. The van der Waals surface area contributed by atoms with E-state index in [4.69, 9.17) is 11.6 Å². The molecule has 0 bridgehead atoms. The molecule has 3 rings (SSSR count). The van der Waals surface area contributed by atoms with Gasteiger partial charge in [0.05, 0.1) is 10.7 Å². The molecule has 0 amide bonds. The molecule has 0 aliphatic heterocycles. The lowest BCUT2D eigenvalue weighted by molar-refractivity contribution is 0.483. The van der Waals surface area contributed by atoms with E-state index in [0.717, 1.165) is 23.8 Å². The Kier molecular flexibility index (Phi) is 4.76. The quantitative estimate of drug-likeness (QED) is 0.856. The van der Waals surface area contributed by atoms with Crippen molar-refractivity contribution in [3.05, 3.63) is 35.9 Å². The highest BCUT2D eigenvalue weighted by atomic mass is 35.5. The van der Waals surface area contributed by atoms with E-state index in [1.54, 1.807) is 11.0 Å². The molecule has 0 spiro atoms. The van der Waals surface area contributed by atoms with Crippen molar-refractivity contribution in [2.45, 2.75) is 38.5 Å². The van der Waals surface area contributed by atoms with E-state index < -0.39 is 0 Å². The van der Waals surface area contributed by atoms with Crippen LogP contribution in [0.5, 0.6) is 0 Å². The SMILES string of the molecule is Clc1cccc(NCC2CCCCCC2)c1-n1cncn1. The van der Waals surface area contributed by atoms with Gasteiger partial charge in [-0.05, 0) is 30.9 Å². The van der Waals surface area contributed by atoms with Gasteiger partial charge in [-0.15, -0.1) is 0 Å². The number of nitrogens with zero attached hydrogens (tertiary/aromatic N) is 3. The van der Waals surface area contributed by atoms with Crippen LogP contribution in [0.25, 0.3) is 5.69 Å². The summed E-state index contributed by atoms with van der Waals surface area (Å²) in [7, 11) is 0. The number of aromatic nitrogens is 3. The number of para-hydroxylation sites is 1. The molecule has 112 valence electrons. The number of benzene rings is 1. The predicted octanol–water partition coefficient (Wildman–Crippen LogP) is 4.30. The number of anilines is 1. The lowest BCUT2D eigenvalue weighted by Crippen LogP contribution is -2.15. The summed E-state index contributed by atoms with van der Waals surface area (Å²) in [6.45, 7) is 1.00. The summed E-state index contributed by atoms with van der Waals surface area (Å²) in [6.07, 6.45) is 11.3. The fraction of sp³-hybridized carbons (Fsp3) is 0.500. The van der Waals surface area contributed by atoms with E-state index in [1.165, 1.54) is 44.9 Å². The zero-order valence-corrected chi connectivity index (χ0v) is 12.9. The molecular weight excluding hydrogens is 284 g/mol. The second-order valence-corrected chi connectivity index (χ2v) is 6.12. The van der Waals surface area contributed by atoms with Crippen molar-refractivity contribution in [2.75, 3.05) is 11.9 Å². The Morgan fingerprint density at radius 2 is 2.00 bits per heavy atom. The molecule has 0 saturated heterocycles. The normalized spacial score (nSPS) is 16.6. The monoisotopic (exact) mass is 304 g/mol. The fourth-order valence-corrected chi connectivity index (χ4v) is 3.30. The fourth-order valence-electron chi connectivity index (χ4n) is 3.04. The van der Waals surface area contributed by atoms with Crippen LogP contribution in [0.4, 0.5) is 5.69 Å². The molecule has 1 fully saturated rings. The van der Waals surface area contributed by atoms with Crippen LogP contribution in [-0.4, -0.2) is 21.3 Å². The molecule has 0 atom stereocenters. The minimum Gasteiger partial charge on any atom is -0.383 e. The van der Waals surface area contributed by atoms with Crippen LogP contribution in [0.2, 0.25) is 5.02 Å². The van der Waals surface area contributed by atoms with Crippen LogP contribution < -0.4 is 5.32 Å². The Hall–Kier alpha value is -1.55. The van der Waals surface area contributed by atoms with Gasteiger partial charge < -0.3 is 5.32 Å². The van der Waals surface area contributed by atoms with E-state index in [-0.39, 0.29) is 0 Å². The third-order valence-electron chi connectivity index (χ3n) is 4.19. The molecule has 4 nitrogen and oxygen atoms in total. The van der Waals surface area contributed by atoms with Crippen molar-refractivity contribution in [3.63, 3.8) is 0 Å². The Morgan fingerprint density at radius 3 is 2.71 bits per heavy atom. The van der Waals surface area contributed by atoms with Crippen molar-refractivity contribution >= 4 is 17.3 Å². The highest BCUT2D eigenvalue weighted by Gasteiger charge is 2.14. The summed E-state index contributed by atoms with van der Waals surface area (Å²) in [5.74, 6) is 0.759. The van der Waals surface area contributed by atoms with Gasteiger partial charge in [-0.1, -0.05) is 43.4 Å². The van der Waals surface area contributed by atoms with E-state index in [1.807, 2.05) is 12.1 Å². The third-order valence-corrected chi connectivity index (χ3v) is 4.50. The number of hydrogen-bond donors (Lipinski definition) is 1. The van der Waals surface area contributed by atoms with Gasteiger partial charge in [-0.2, -0.15) is 5.10 Å². The second kappa shape index (κ2) is 6.94. The van der Waals surface area contributed by atoms with Crippen molar-refractivity contribution in [1.82, 2.24) is 14.8 Å². The van der Waals surface area contributed by atoms with Gasteiger partial charge in [0.15, 0.2) is 0 Å². The third kappa shape index (κ3) is 3.56. The first kappa shape index (κ1) is 14.4. The molecule has 1 aromatic carbocycles. The number of rotatable bonds is 4. The summed E-state index contributed by atoms with van der Waals surface area (Å²) in [5, 5.41) is 8.45. The average molecular weight is 305 g/mol. The molecular formula is C16H21ClN4. The Bertz CT molecular complexity index is 560. The van der Waals surface area contributed by atoms with Gasteiger partial charge in [0.25, 0.3) is 0 Å². The maximum Gasteiger partial charge on any atom is 0.138 e. The summed E-state index contributed by atoms with van der Waals surface area (Å²) in [5.41, 5.74) is 1.91. The summed E-state index contributed by atoms with van der Waals surface area (Å²) in [4.78, 5) is 4.01. The Balaban J connectivity index is 1.74. The smallest absolute Gasteiger partial charge is 0.138 e. The van der Waals surface area contributed by atoms with Crippen LogP contribution in [0.1, 0.15) is 38.5 Å². The molecule has 2 aromatic rings. The molecule has 1 N–H and O–H groups in total. The lowest BCUT2D eigenvalue weighted by Gasteiger charge is -2.18. The molecule has 1 aliphatic rings. The zero-order chi connectivity index (χ0) is 14.5. The molecule has 0 radical (unpaired) electrons. The van der Waals surface area contributed by atoms with Crippen molar-refractivity contribution in [3.8, 4) is 5.69 Å². The number of halogens is 1. The lowest BCUT2D eigenvalue weighted by atomic mass is 10.0. The maximum absolute atomic E-state index is 6.34. The van der Waals surface area contributed by atoms with E-state index in [2.05, 4.69) is 21.5 Å². The van der Waals surface area contributed by atoms with Gasteiger partial charge >= 0.3 is 0 Å². The average Bonchev–Trinajstić information content (AvgIpc) is 2.88. The van der Waals surface area contributed by atoms with Gasteiger partial charge in [-0.25, -0.2) is 9.67 Å². The first-order valence-corrected chi connectivity index (χ1v) is 8.10. The van der Waals surface area contributed by atoms with Gasteiger partial charge in [0.2, 0.25) is 0 Å². The molecule has 1 aromatic heterocycles. The van der Waals surface area contributed by atoms with Crippen LogP contribution >= 0.6 is 11.6 Å². The van der Waals surface area contributed by atoms with Crippen LogP contribution in [0.3, 0.4) is 0 Å². The van der Waals surface area contributed by atoms with Gasteiger partial charge in [0, 0.05) is 6.54 Å². The molecule has 0 unspecified atom stereocenters. The second-order valence-electron chi connectivity index (χ2n) is 5.71. The number of nitrogens with one attached hydrogen (secondary N) is 1. The number of hydrogen-bond acceptors (Lipinski definition) is 3. The Morgan fingerprint density at radius 1 is 1.19 bits per heavy atom. The van der Waals surface area contributed by atoms with Crippen molar-refractivity contribution < 1.29 is 0 Å². The van der Waals surface area contributed by atoms with Gasteiger partial charge in [-0.3, -0.25) is 0 Å². The van der Waals surface area contributed by atoms with Gasteiger partial charge in [0.1, 0.15) is 18.3 Å². The topological polar surface area (TPSA) is 42.7 Å².